The van der Waals surface area contributed by atoms with Crippen molar-refractivity contribution < 1.29 is 19.1 Å². The van der Waals surface area contributed by atoms with E-state index in [1.165, 1.54) is 13.3 Å². The van der Waals surface area contributed by atoms with E-state index in [2.05, 4.69) is 15.8 Å². The summed E-state index contributed by atoms with van der Waals surface area (Å²) in [6.45, 7) is 0. The molecule has 0 aliphatic carbocycles. The lowest BCUT2D eigenvalue weighted by atomic mass is 10.2. The van der Waals surface area contributed by atoms with Crippen molar-refractivity contribution in [3.05, 3.63) is 54.1 Å². The van der Waals surface area contributed by atoms with Crippen LogP contribution in [0.4, 0.5) is 5.69 Å². The van der Waals surface area contributed by atoms with Gasteiger partial charge < -0.3 is 14.8 Å². The number of methoxy groups -OCH3 is 2. The van der Waals surface area contributed by atoms with Crippen LogP contribution in [0.3, 0.4) is 0 Å². The average Bonchev–Trinajstić information content (AvgIpc) is 2.62. The van der Waals surface area contributed by atoms with Crippen molar-refractivity contribution in [2.45, 2.75) is 0 Å². The van der Waals surface area contributed by atoms with Gasteiger partial charge in [-0.2, -0.15) is 5.10 Å². The van der Waals surface area contributed by atoms with Crippen molar-refractivity contribution in [1.82, 2.24) is 5.43 Å². The number of carbonyl (C=O) groups is 2. The van der Waals surface area contributed by atoms with E-state index in [0.29, 0.717) is 22.7 Å². The molecule has 0 saturated carbocycles. The van der Waals surface area contributed by atoms with Crippen LogP contribution in [0.2, 0.25) is 0 Å². The molecule has 24 heavy (non-hydrogen) atoms. The summed E-state index contributed by atoms with van der Waals surface area (Å²) in [4.78, 5) is 23.5. The Morgan fingerprint density at radius 3 is 2.42 bits per heavy atom. The number of hydrogen-bond acceptors (Lipinski definition) is 5. The predicted molar refractivity (Wildman–Crippen MR) is 90.4 cm³/mol. The first-order chi connectivity index (χ1) is 11.6. The van der Waals surface area contributed by atoms with Gasteiger partial charge in [0.05, 0.1) is 20.4 Å². The van der Waals surface area contributed by atoms with Crippen molar-refractivity contribution in [2.24, 2.45) is 5.10 Å². The van der Waals surface area contributed by atoms with Gasteiger partial charge in [-0.05, 0) is 30.3 Å². The molecule has 2 aromatic carbocycles. The highest BCUT2D eigenvalue weighted by atomic mass is 16.5. The van der Waals surface area contributed by atoms with Gasteiger partial charge >= 0.3 is 11.8 Å². The van der Waals surface area contributed by atoms with Crippen LogP contribution >= 0.6 is 0 Å². The Morgan fingerprint density at radius 1 is 1.00 bits per heavy atom. The Bertz CT molecular complexity index is 745. The molecule has 0 radical (unpaired) electrons. The number of benzene rings is 2. The van der Waals surface area contributed by atoms with E-state index in [4.69, 9.17) is 9.47 Å². The summed E-state index contributed by atoms with van der Waals surface area (Å²) in [5, 5.41) is 6.23. The molecule has 7 heteroatoms. The first kappa shape index (κ1) is 17.0. The summed E-state index contributed by atoms with van der Waals surface area (Å²) in [5.74, 6) is -0.513. The molecule has 0 unspecified atom stereocenters. The minimum atomic E-state index is -0.878. The normalized spacial score (nSPS) is 10.2. The smallest absolute Gasteiger partial charge is 0.329 e. The second-order valence-corrected chi connectivity index (χ2v) is 4.63. The van der Waals surface area contributed by atoms with Crippen LogP contribution in [0.1, 0.15) is 5.56 Å². The van der Waals surface area contributed by atoms with Crippen LogP contribution in [0.15, 0.2) is 53.6 Å². The van der Waals surface area contributed by atoms with Gasteiger partial charge in [0.1, 0.15) is 11.5 Å². The standard InChI is InChI=1S/C17H17N3O4/c1-23-14-8-9-15(24-2)12(10-14)11-18-20-17(22)16(21)19-13-6-4-3-5-7-13/h3-11H,1-2H3,(H,19,21)(H,20,22)/b18-11-. The number of hydrogen-bond donors (Lipinski definition) is 2. The zero-order valence-electron chi connectivity index (χ0n) is 13.3. The molecular weight excluding hydrogens is 310 g/mol. The van der Waals surface area contributed by atoms with E-state index < -0.39 is 11.8 Å². The fraction of sp³-hybridized carbons (Fsp3) is 0.118. The van der Waals surface area contributed by atoms with Crippen molar-refractivity contribution in [3.8, 4) is 11.5 Å². The highest BCUT2D eigenvalue weighted by Gasteiger charge is 2.12. The van der Waals surface area contributed by atoms with Crippen LogP contribution in [-0.4, -0.2) is 32.2 Å². The maximum absolute atomic E-state index is 11.7. The third kappa shape index (κ3) is 4.57. The van der Waals surface area contributed by atoms with Gasteiger partial charge in [0.2, 0.25) is 0 Å². The maximum Gasteiger partial charge on any atom is 0.329 e. The molecule has 7 nitrogen and oxygen atoms in total. The van der Waals surface area contributed by atoms with E-state index in [-0.39, 0.29) is 0 Å². The Balaban J connectivity index is 1.98. The second kappa shape index (κ2) is 8.33. The van der Waals surface area contributed by atoms with Gasteiger partial charge in [0, 0.05) is 11.3 Å². The van der Waals surface area contributed by atoms with Crippen molar-refractivity contribution >= 4 is 23.7 Å². The summed E-state index contributed by atoms with van der Waals surface area (Å²) < 4.78 is 10.3. The fourth-order valence-electron chi connectivity index (χ4n) is 1.86. The molecule has 2 rings (SSSR count). The molecule has 0 aliphatic heterocycles. The van der Waals surface area contributed by atoms with E-state index >= 15 is 0 Å². The number of nitrogens with one attached hydrogen (secondary N) is 2. The molecule has 0 spiro atoms. The first-order valence-corrected chi connectivity index (χ1v) is 7.05. The minimum Gasteiger partial charge on any atom is -0.497 e. The molecule has 2 N–H and O–H groups in total. The molecule has 0 heterocycles. The van der Waals surface area contributed by atoms with Crippen LogP contribution in [0.5, 0.6) is 11.5 Å². The van der Waals surface area contributed by atoms with Gasteiger partial charge in [-0.3, -0.25) is 9.59 Å². The maximum atomic E-state index is 11.7. The molecule has 0 saturated heterocycles. The summed E-state index contributed by atoms with van der Waals surface area (Å²) in [6.07, 6.45) is 1.37. The fourth-order valence-corrected chi connectivity index (χ4v) is 1.86. The van der Waals surface area contributed by atoms with Crippen molar-refractivity contribution in [1.29, 1.82) is 0 Å². The van der Waals surface area contributed by atoms with Gasteiger partial charge in [0.15, 0.2) is 0 Å². The highest BCUT2D eigenvalue weighted by molar-refractivity contribution is 6.39. The topological polar surface area (TPSA) is 89.0 Å². The SMILES string of the molecule is COc1ccc(OC)c(/C=N\NC(=O)C(=O)Nc2ccccc2)c1. The Morgan fingerprint density at radius 2 is 1.75 bits per heavy atom. The Hall–Kier alpha value is -3.35. The molecule has 0 aromatic heterocycles. The first-order valence-electron chi connectivity index (χ1n) is 7.05. The molecule has 0 atom stereocenters. The highest BCUT2D eigenvalue weighted by Crippen LogP contribution is 2.22. The molecular formula is C17H17N3O4. The van der Waals surface area contributed by atoms with Gasteiger partial charge in [-0.1, -0.05) is 18.2 Å². The molecule has 0 aliphatic rings. The summed E-state index contributed by atoms with van der Waals surface area (Å²) >= 11 is 0. The van der Waals surface area contributed by atoms with E-state index in [1.807, 2.05) is 6.07 Å². The lowest BCUT2D eigenvalue weighted by Crippen LogP contribution is -2.32. The number of carbonyl (C=O) groups excluding carboxylic acids is 2. The Kier molecular flexibility index (Phi) is 5.90. The zero-order valence-corrected chi connectivity index (χ0v) is 13.3. The van der Waals surface area contributed by atoms with E-state index in [1.54, 1.807) is 49.6 Å². The minimum absolute atomic E-state index is 0.524. The number of nitrogens with zero attached hydrogens (tertiary/aromatic N) is 1. The number of rotatable bonds is 5. The number of para-hydroxylation sites is 1. The van der Waals surface area contributed by atoms with Crippen LogP contribution in [0, 0.1) is 0 Å². The monoisotopic (exact) mass is 327 g/mol. The summed E-state index contributed by atoms with van der Waals surface area (Å²) in [5.41, 5.74) is 3.28. The van der Waals surface area contributed by atoms with Gasteiger partial charge in [0.25, 0.3) is 0 Å². The molecule has 124 valence electrons. The molecule has 2 aromatic rings. The number of ether oxygens (including phenoxy) is 2. The third-order valence-corrected chi connectivity index (χ3v) is 3.04. The Labute approximate surface area is 139 Å². The molecule has 2 amide bonds. The zero-order chi connectivity index (χ0) is 17.4. The average molecular weight is 327 g/mol. The summed E-state index contributed by atoms with van der Waals surface area (Å²) in [6, 6.07) is 13.8. The van der Waals surface area contributed by atoms with E-state index in [0.717, 1.165) is 0 Å². The van der Waals surface area contributed by atoms with Crippen molar-refractivity contribution in [3.63, 3.8) is 0 Å². The van der Waals surface area contributed by atoms with Gasteiger partial charge in [-0.15, -0.1) is 0 Å². The van der Waals surface area contributed by atoms with Gasteiger partial charge in [-0.25, -0.2) is 5.43 Å². The second-order valence-electron chi connectivity index (χ2n) is 4.63. The third-order valence-electron chi connectivity index (χ3n) is 3.04. The quantitative estimate of drug-likeness (QED) is 0.498. The number of amides is 2. The van der Waals surface area contributed by atoms with E-state index in [9.17, 15) is 9.59 Å². The lowest BCUT2D eigenvalue weighted by molar-refractivity contribution is -0.136. The van der Waals surface area contributed by atoms with Crippen LogP contribution in [-0.2, 0) is 9.59 Å². The summed E-state index contributed by atoms with van der Waals surface area (Å²) in [7, 11) is 3.06. The largest absolute Gasteiger partial charge is 0.497 e. The lowest BCUT2D eigenvalue weighted by Gasteiger charge is -2.07. The van der Waals surface area contributed by atoms with Crippen molar-refractivity contribution in [2.75, 3.05) is 19.5 Å². The number of anilines is 1. The number of hydrazone groups is 1. The van der Waals surface area contributed by atoms with Crippen LogP contribution < -0.4 is 20.2 Å². The van der Waals surface area contributed by atoms with Crippen LogP contribution in [0.25, 0.3) is 0 Å². The molecule has 0 bridgehead atoms. The predicted octanol–water partition coefficient (Wildman–Crippen LogP) is 1.79. The molecule has 0 fully saturated rings.